The number of benzene rings is 1. The van der Waals surface area contributed by atoms with Crippen molar-refractivity contribution in [3.63, 3.8) is 0 Å². The molecule has 0 spiro atoms. The fourth-order valence-corrected chi connectivity index (χ4v) is 1.72. The predicted molar refractivity (Wildman–Crippen MR) is 67.7 cm³/mol. The smallest absolute Gasteiger partial charge is 0.137 e. The highest BCUT2D eigenvalue weighted by molar-refractivity contribution is 5.32. The van der Waals surface area contributed by atoms with E-state index in [-0.39, 0.29) is 6.04 Å². The van der Waals surface area contributed by atoms with Gasteiger partial charge in [-0.3, -0.25) is 5.10 Å². The zero-order valence-corrected chi connectivity index (χ0v) is 10.2. The van der Waals surface area contributed by atoms with Crippen LogP contribution >= 0.6 is 0 Å². The summed E-state index contributed by atoms with van der Waals surface area (Å²) in [5, 5.41) is 18.8. The average Bonchev–Trinajstić information content (AvgIpc) is 2.92. The highest BCUT2D eigenvalue weighted by Gasteiger charge is 2.04. The van der Waals surface area contributed by atoms with Crippen LogP contribution in [0.15, 0.2) is 30.6 Å². The molecule has 2 rings (SSSR count). The lowest BCUT2D eigenvalue weighted by Gasteiger charge is -2.13. The summed E-state index contributed by atoms with van der Waals surface area (Å²) in [5.41, 5.74) is 1.86. The van der Waals surface area contributed by atoms with Gasteiger partial charge in [-0.15, -0.1) is 0 Å². The lowest BCUT2D eigenvalue weighted by molar-refractivity contribution is 0.570. The molecule has 0 bridgehead atoms. The van der Waals surface area contributed by atoms with Crippen LogP contribution in [0, 0.1) is 11.3 Å². The van der Waals surface area contributed by atoms with Gasteiger partial charge < -0.3 is 5.32 Å². The molecule has 0 radical (unpaired) electrons. The maximum Gasteiger partial charge on any atom is 0.137 e. The molecule has 92 valence electrons. The maximum atomic E-state index is 8.73. The van der Waals surface area contributed by atoms with Crippen molar-refractivity contribution in [3.05, 3.63) is 47.5 Å². The normalized spacial score (nSPS) is 12.0. The Kier molecular flexibility index (Phi) is 4.05. The van der Waals surface area contributed by atoms with Gasteiger partial charge in [-0.25, -0.2) is 4.98 Å². The van der Waals surface area contributed by atoms with Crippen molar-refractivity contribution in [2.45, 2.75) is 19.4 Å². The molecule has 0 saturated carbocycles. The van der Waals surface area contributed by atoms with Crippen molar-refractivity contribution in [1.82, 2.24) is 20.5 Å². The molecule has 1 atom stereocenters. The monoisotopic (exact) mass is 241 g/mol. The summed E-state index contributed by atoms with van der Waals surface area (Å²) in [7, 11) is 0. The number of H-pyrrole nitrogens is 1. The summed E-state index contributed by atoms with van der Waals surface area (Å²) in [4.78, 5) is 4.07. The fraction of sp³-hybridized carbons (Fsp3) is 0.308. The second-order valence-corrected chi connectivity index (χ2v) is 4.09. The van der Waals surface area contributed by atoms with Crippen molar-refractivity contribution in [1.29, 1.82) is 5.26 Å². The van der Waals surface area contributed by atoms with Crippen molar-refractivity contribution >= 4 is 0 Å². The molecule has 0 aliphatic heterocycles. The van der Waals surface area contributed by atoms with Crippen LogP contribution in [-0.2, 0) is 6.42 Å². The van der Waals surface area contributed by atoms with Crippen LogP contribution in [0.2, 0.25) is 0 Å². The van der Waals surface area contributed by atoms with Crippen LogP contribution < -0.4 is 5.32 Å². The number of nitriles is 1. The topological polar surface area (TPSA) is 77.4 Å². The number of nitrogens with one attached hydrogen (secondary N) is 2. The minimum atomic E-state index is 0.251. The Hall–Kier alpha value is -2.19. The Morgan fingerprint density at radius 1 is 1.39 bits per heavy atom. The number of aromatic nitrogens is 3. The SMILES string of the molecule is CC(NCCc1ncn[nH]1)c1ccc(C#N)cc1. The van der Waals surface area contributed by atoms with E-state index in [9.17, 15) is 0 Å². The Morgan fingerprint density at radius 3 is 2.78 bits per heavy atom. The van der Waals surface area contributed by atoms with E-state index in [1.165, 1.54) is 11.9 Å². The van der Waals surface area contributed by atoms with E-state index in [2.05, 4.69) is 33.5 Å². The minimum Gasteiger partial charge on any atom is -0.310 e. The van der Waals surface area contributed by atoms with Crippen LogP contribution in [0.25, 0.3) is 0 Å². The Bertz CT molecular complexity index is 509. The van der Waals surface area contributed by atoms with Crippen LogP contribution in [0.3, 0.4) is 0 Å². The lowest BCUT2D eigenvalue weighted by Crippen LogP contribution is -2.21. The summed E-state index contributed by atoms with van der Waals surface area (Å²) in [6.45, 7) is 2.93. The maximum absolute atomic E-state index is 8.73. The fourth-order valence-electron chi connectivity index (χ4n) is 1.72. The molecule has 1 aromatic heterocycles. The van der Waals surface area contributed by atoms with Crippen molar-refractivity contribution in [2.24, 2.45) is 0 Å². The highest BCUT2D eigenvalue weighted by atomic mass is 15.2. The summed E-state index contributed by atoms with van der Waals surface area (Å²) in [6, 6.07) is 9.99. The molecule has 0 aliphatic carbocycles. The second kappa shape index (κ2) is 5.94. The van der Waals surface area contributed by atoms with Gasteiger partial charge in [-0.2, -0.15) is 10.4 Å². The molecule has 2 aromatic rings. The molecule has 0 saturated heterocycles. The Morgan fingerprint density at radius 2 is 2.17 bits per heavy atom. The molecule has 0 amide bonds. The van der Waals surface area contributed by atoms with Crippen molar-refractivity contribution < 1.29 is 0 Å². The first kappa shape index (κ1) is 12.3. The zero-order valence-electron chi connectivity index (χ0n) is 10.2. The number of nitrogens with zero attached hydrogens (tertiary/aromatic N) is 3. The van der Waals surface area contributed by atoms with Gasteiger partial charge in [0.1, 0.15) is 12.2 Å². The largest absolute Gasteiger partial charge is 0.310 e. The molecule has 5 nitrogen and oxygen atoms in total. The van der Waals surface area contributed by atoms with Gasteiger partial charge in [0.15, 0.2) is 0 Å². The first-order valence-corrected chi connectivity index (χ1v) is 5.87. The summed E-state index contributed by atoms with van der Waals surface area (Å²) in [6.07, 6.45) is 2.33. The lowest BCUT2D eigenvalue weighted by atomic mass is 10.1. The van der Waals surface area contributed by atoms with Crippen LogP contribution in [0.4, 0.5) is 0 Å². The molecule has 5 heteroatoms. The van der Waals surface area contributed by atoms with Gasteiger partial charge in [0.2, 0.25) is 0 Å². The van der Waals surface area contributed by atoms with Gasteiger partial charge in [0.25, 0.3) is 0 Å². The van der Waals surface area contributed by atoms with E-state index in [1.807, 2.05) is 24.3 Å². The quantitative estimate of drug-likeness (QED) is 0.833. The van der Waals surface area contributed by atoms with Gasteiger partial charge >= 0.3 is 0 Å². The van der Waals surface area contributed by atoms with Gasteiger partial charge in [-0.05, 0) is 24.6 Å². The number of hydrogen-bond acceptors (Lipinski definition) is 4. The van der Waals surface area contributed by atoms with Crippen molar-refractivity contribution in [3.8, 4) is 6.07 Å². The zero-order chi connectivity index (χ0) is 12.8. The molecular formula is C13H15N5. The molecule has 1 heterocycles. The van der Waals surface area contributed by atoms with Crippen LogP contribution in [0.1, 0.15) is 29.9 Å². The standard InChI is InChI=1S/C13H15N5/c1-10(12-4-2-11(8-14)3-5-12)15-7-6-13-16-9-17-18-13/h2-5,9-10,15H,6-7H2,1H3,(H,16,17,18). The third kappa shape index (κ3) is 3.15. The third-order valence-corrected chi connectivity index (χ3v) is 2.82. The van der Waals surface area contributed by atoms with E-state index in [0.29, 0.717) is 5.56 Å². The molecule has 18 heavy (non-hydrogen) atoms. The summed E-state index contributed by atoms with van der Waals surface area (Å²) in [5.74, 6) is 0.884. The average molecular weight is 241 g/mol. The summed E-state index contributed by atoms with van der Waals surface area (Å²) < 4.78 is 0. The van der Waals surface area contributed by atoms with E-state index in [1.54, 1.807) is 0 Å². The minimum absolute atomic E-state index is 0.251. The predicted octanol–water partition coefficient (Wildman–Crippen LogP) is 1.57. The molecule has 0 fully saturated rings. The van der Waals surface area contributed by atoms with Gasteiger partial charge in [0, 0.05) is 19.0 Å². The van der Waals surface area contributed by atoms with E-state index in [0.717, 1.165) is 18.8 Å². The van der Waals surface area contributed by atoms with E-state index in [4.69, 9.17) is 5.26 Å². The molecule has 1 aromatic carbocycles. The third-order valence-electron chi connectivity index (χ3n) is 2.82. The Labute approximate surface area is 106 Å². The molecule has 2 N–H and O–H groups in total. The van der Waals surface area contributed by atoms with Gasteiger partial charge in [0.05, 0.1) is 11.6 Å². The Balaban J connectivity index is 1.83. The first-order valence-electron chi connectivity index (χ1n) is 5.87. The molecule has 0 aliphatic rings. The van der Waals surface area contributed by atoms with Crippen LogP contribution in [-0.4, -0.2) is 21.7 Å². The number of rotatable bonds is 5. The summed E-state index contributed by atoms with van der Waals surface area (Å²) >= 11 is 0. The highest BCUT2D eigenvalue weighted by Crippen LogP contribution is 2.12. The van der Waals surface area contributed by atoms with Crippen LogP contribution in [0.5, 0.6) is 0 Å². The second-order valence-electron chi connectivity index (χ2n) is 4.09. The molecule has 1 unspecified atom stereocenters. The first-order chi connectivity index (χ1) is 8.79. The van der Waals surface area contributed by atoms with E-state index < -0.39 is 0 Å². The van der Waals surface area contributed by atoms with Gasteiger partial charge in [-0.1, -0.05) is 12.1 Å². The molecular weight excluding hydrogens is 226 g/mol. The number of aromatic amines is 1. The van der Waals surface area contributed by atoms with Crippen molar-refractivity contribution in [2.75, 3.05) is 6.54 Å². The number of hydrogen-bond donors (Lipinski definition) is 2. The van der Waals surface area contributed by atoms with E-state index >= 15 is 0 Å².